The molecule has 118 valence electrons. The van der Waals surface area contributed by atoms with Crippen LogP contribution in [0.4, 0.5) is 5.69 Å². The molecule has 0 aromatic heterocycles. The number of nitrogens with one attached hydrogen (secondary N) is 1. The highest BCUT2D eigenvalue weighted by Gasteiger charge is 2.18. The summed E-state index contributed by atoms with van der Waals surface area (Å²) < 4.78 is 0. The third kappa shape index (κ3) is 7.28. The van der Waals surface area contributed by atoms with Gasteiger partial charge in [0, 0.05) is 18.2 Å². The van der Waals surface area contributed by atoms with E-state index in [1.54, 1.807) is 0 Å². The molecule has 3 N–H and O–H groups in total. The molecule has 21 heavy (non-hydrogen) atoms. The number of hydrogen-bond acceptors (Lipinski definition) is 2. The van der Waals surface area contributed by atoms with Crippen LogP contribution in [0, 0.1) is 11.8 Å². The highest BCUT2D eigenvalue weighted by molar-refractivity contribution is 5.90. The molecule has 2 unspecified atom stereocenters. The van der Waals surface area contributed by atoms with Gasteiger partial charge in [-0.15, -0.1) is 0 Å². The van der Waals surface area contributed by atoms with Gasteiger partial charge in [-0.05, 0) is 49.7 Å². The quantitative estimate of drug-likeness (QED) is 0.802. The molecule has 1 fully saturated rings. The van der Waals surface area contributed by atoms with Crippen LogP contribution in [0.1, 0.15) is 52.9 Å². The Kier molecular flexibility index (Phi) is 8.06. The number of carbonyl (C=O) groups excluding carboxylic acids is 1. The number of benzene rings is 1. The summed E-state index contributed by atoms with van der Waals surface area (Å²) in [6.45, 7) is 6.53. The standard InChI is InChI=1S/C9H11NO.C9H19N/c1-2-9(11)10-8-6-4-3-5-7-8;1-7-3-5-9(10)6-4-8(7)2/h3-7H,2H2,1H3,(H,10,11);7-9H,3-6,10H2,1-2H3. The van der Waals surface area contributed by atoms with Crippen LogP contribution in [-0.2, 0) is 4.79 Å². The van der Waals surface area contributed by atoms with Gasteiger partial charge in [0.2, 0.25) is 5.91 Å². The summed E-state index contributed by atoms with van der Waals surface area (Å²) in [6.07, 6.45) is 5.68. The minimum Gasteiger partial charge on any atom is -0.328 e. The maximum atomic E-state index is 10.9. The number of amides is 1. The number of para-hydroxylation sites is 1. The average molecular weight is 290 g/mol. The molecule has 1 saturated carbocycles. The van der Waals surface area contributed by atoms with Crippen LogP contribution in [0.3, 0.4) is 0 Å². The molecule has 0 radical (unpaired) electrons. The molecule has 0 aliphatic heterocycles. The lowest BCUT2D eigenvalue weighted by Gasteiger charge is -2.14. The van der Waals surface area contributed by atoms with Gasteiger partial charge in [-0.1, -0.05) is 39.0 Å². The highest BCUT2D eigenvalue weighted by Crippen LogP contribution is 2.26. The number of carbonyl (C=O) groups is 1. The maximum Gasteiger partial charge on any atom is 0.224 e. The van der Waals surface area contributed by atoms with E-state index in [1.165, 1.54) is 25.7 Å². The van der Waals surface area contributed by atoms with Gasteiger partial charge in [-0.2, -0.15) is 0 Å². The van der Waals surface area contributed by atoms with Crippen molar-refractivity contribution in [3.63, 3.8) is 0 Å². The van der Waals surface area contributed by atoms with Gasteiger partial charge in [-0.25, -0.2) is 0 Å². The zero-order valence-electron chi connectivity index (χ0n) is 13.6. The molecule has 1 aromatic carbocycles. The molecule has 2 rings (SSSR count). The van der Waals surface area contributed by atoms with E-state index < -0.39 is 0 Å². The molecule has 1 aliphatic rings. The minimum absolute atomic E-state index is 0.0520. The summed E-state index contributed by atoms with van der Waals surface area (Å²) in [5, 5.41) is 2.75. The van der Waals surface area contributed by atoms with Gasteiger partial charge in [0.1, 0.15) is 0 Å². The Morgan fingerprint density at radius 3 is 2.10 bits per heavy atom. The molecule has 3 heteroatoms. The van der Waals surface area contributed by atoms with Gasteiger partial charge in [0.15, 0.2) is 0 Å². The summed E-state index contributed by atoms with van der Waals surface area (Å²) in [5.74, 6) is 1.85. The molecule has 0 saturated heterocycles. The highest BCUT2D eigenvalue weighted by atomic mass is 16.1. The van der Waals surface area contributed by atoms with E-state index in [9.17, 15) is 4.79 Å². The Balaban J connectivity index is 0.000000211. The molecule has 0 heterocycles. The summed E-state index contributed by atoms with van der Waals surface area (Å²) in [7, 11) is 0. The fourth-order valence-electron chi connectivity index (χ4n) is 2.44. The van der Waals surface area contributed by atoms with Crippen molar-refractivity contribution in [2.75, 3.05) is 5.32 Å². The normalized spacial score (nSPS) is 25.2. The third-order valence-corrected chi connectivity index (χ3v) is 4.34. The average Bonchev–Trinajstić information content (AvgIpc) is 2.64. The molecule has 2 atom stereocenters. The number of rotatable bonds is 2. The molecule has 3 nitrogen and oxygen atoms in total. The molecule has 1 amide bonds. The van der Waals surface area contributed by atoms with Crippen LogP contribution in [0.25, 0.3) is 0 Å². The number of anilines is 1. The lowest BCUT2D eigenvalue weighted by atomic mass is 9.92. The molecule has 0 bridgehead atoms. The first-order valence-electron chi connectivity index (χ1n) is 8.13. The molecule has 1 aliphatic carbocycles. The van der Waals surface area contributed by atoms with Crippen LogP contribution in [-0.4, -0.2) is 11.9 Å². The van der Waals surface area contributed by atoms with Gasteiger partial charge in [-0.3, -0.25) is 4.79 Å². The largest absolute Gasteiger partial charge is 0.328 e. The monoisotopic (exact) mass is 290 g/mol. The lowest BCUT2D eigenvalue weighted by Crippen LogP contribution is -2.17. The molecule has 1 aromatic rings. The predicted molar refractivity (Wildman–Crippen MR) is 90.1 cm³/mol. The van der Waals surface area contributed by atoms with Crippen molar-refractivity contribution >= 4 is 11.6 Å². The second kappa shape index (κ2) is 9.56. The Morgan fingerprint density at radius 2 is 1.62 bits per heavy atom. The van der Waals surface area contributed by atoms with Crippen LogP contribution >= 0.6 is 0 Å². The Morgan fingerprint density at radius 1 is 1.10 bits per heavy atom. The second-order valence-corrected chi connectivity index (χ2v) is 6.14. The minimum atomic E-state index is 0.0520. The topological polar surface area (TPSA) is 55.1 Å². The van der Waals surface area contributed by atoms with Crippen LogP contribution in [0.5, 0.6) is 0 Å². The van der Waals surface area contributed by atoms with Crippen LogP contribution in [0.2, 0.25) is 0 Å². The first kappa shape index (κ1) is 17.7. The zero-order chi connectivity index (χ0) is 15.7. The molecule has 0 spiro atoms. The van der Waals surface area contributed by atoms with Gasteiger partial charge in [0.25, 0.3) is 0 Å². The van der Waals surface area contributed by atoms with Gasteiger partial charge < -0.3 is 11.1 Å². The summed E-state index contributed by atoms with van der Waals surface area (Å²) in [4.78, 5) is 10.9. The number of nitrogens with two attached hydrogens (primary N) is 1. The SMILES string of the molecule is CC1CCC(N)CCC1C.CCC(=O)Nc1ccccc1. The van der Waals surface area contributed by atoms with E-state index in [0.717, 1.165) is 17.5 Å². The van der Waals surface area contributed by atoms with E-state index in [4.69, 9.17) is 5.73 Å². The fraction of sp³-hybridized carbons (Fsp3) is 0.611. The first-order chi connectivity index (χ1) is 10.0. The van der Waals surface area contributed by atoms with Crippen molar-refractivity contribution < 1.29 is 4.79 Å². The van der Waals surface area contributed by atoms with Gasteiger partial charge in [0.05, 0.1) is 0 Å². The molecular formula is C18H30N2O. The summed E-state index contributed by atoms with van der Waals surface area (Å²) >= 11 is 0. The Labute approximate surface area is 129 Å². The van der Waals surface area contributed by atoms with Crippen molar-refractivity contribution in [1.82, 2.24) is 0 Å². The Bertz CT molecular complexity index is 393. The van der Waals surface area contributed by atoms with E-state index in [-0.39, 0.29) is 5.91 Å². The van der Waals surface area contributed by atoms with E-state index in [1.807, 2.05) is 37.3 Å². The summed E-state index contributed by atoms with van der Waals surface area (Å²) in [5.41, 5.74) is 6.72. The summed E-state index contributed by atoms with van der Waals surface area (Å²) in [6, 6.07) is 9.94. The van der Waals surface area contributed by atoms with Crippen molar-refractivity contribution in [3.05, 3.63) is 30.3 Å². The van der Waals surface area contributed by atoms with Crippen molar-refractivity contribution in [1.29, 1.82) is 0 Å². The number of hydrogen-bond donors (Lipinski definition) is 2. The fourth-order valence-corrected chi connectivity index (χ4v) is 2.44. The van der Waals surface area contributed by atoms with Gasteiger partial charge >= 0.3 is 0 Å². The maximum absolute atomic E-state index is 10.9. The van der Waals surface area contributed by atoms with Crippen LogP contribution in [0.15, 0.2) is 30.3 Å². The van der Waals surface area contributed by atoms with Crippen LogP contribution < -0.4 is 11.1 Å². The predicted octanol–water partition coefficient (Wildman–Crippen LogP) is 4.20. The van der Waals surface area contributed by atoms with Crippen molar-refractivity contribution in [2.24, 2.45) is 17.6 Å². The zero-order valence-corrected chi connectivity index (χ0v) is 13.6. The van der Waals surface area contributed by atoms with E-state index >= 15 is 0 Å². The second-order valence-electron chi connectivity index (χ2n) is 6.14. The van der Waals surface area contributed by atoms with Crippen molar-refractivity contribution in [2.45, 2.75) is 58.9 Å². The lowest BCUT2D eigenvalue weighted by molar-refractivity contribution is -0.115. The third-order valence-electron chi connectivity index (χ3n) is 4.34. The Hall–Kier alpha value is -1.35. The smallest absolute Gasteiger partial charge is 0.224 e. The first-order valence-corrected chi connectivity index (χ1v) is 8.13. The molecular weight excluding hydrogens is 260 g/mol. The van der Waals surface area contributed by atoms with E-state index in [0.29, 0.717) is 12.5 Å². The van der Waals surface area contributed by atoms with E-state index in [2.05, 4.69) is 19.2 Å². The van der Waals surface area contributed by atoms with Crippen molar-refractivity contribution in [3.8, 4) is 0 Å².